The quantitative estimate of drug-likeness (QED) is 0.422. The van der Waals surface area contributed by atoms with E-state index >= 15 is 0 Å². The van der Waals surface area contributed by atoms with Crippen LogP contribution < -0.4 is 5.32 Å². The van der Waals surface area contributed by atoms with Gasteiger partial charge in [0.05, 0.1) is 0 Å². The molecule has 4 aromatic rings. The Morgan fingerprint density at radius 3 is 2.64 bits per heavy atom. The molecule has 0 unspecified atom stereocenters. The highest BCUT2D eigenvalue weighted by Gasteiger charge is 2.13. The van der Waals surface area contributed by atoms with Gasteiger partial charge < -0.3 is 19.3 Å². The third-order valence-corrected chi connectivity index (χ3v) is 5.45. The molecule has 33 heavy (non-hydrogen) atoms. The summed E-state index contributed by atoms with van der Waals surface area (Å²) in [5.74, 6) is 0.821. The molecule has 0 aliphatic heterocycles. The highest BCUT2D eigenvalue weighted by Crippen LogP contribution is 2.21. The van der Waals surface area contributed by atoms with Crippen molar-refractivity contribution in [3.63, 3.8) is 0 Å². The number of hydrogen-bond acceptors (Lipinski definition) is 6. The van der Waals surface area contributed by atoms with E-state index in [-0.39, 0.29) is 18.2 Å². The standard InChI is InChI=1S/C24H26N6O3/c1-3-29(4-2)23(32)16-30-14-11-18-15-19(5-6-20(18)30)26-21(31)7-8-22-27-24(28-33-22)17-9-12-25-13-10-17/h5-6,9-15H,3-4,7-8,16H2,1-2H3,(H,26,31). The molecule has 0 spiro atoms. The number of pyridine rings is 1. The zero-order valence-corrected chi connectivity index (χ0v) is 18.7. The fraction of sp³-hybridized carbons (Fsp3) is 0.292. The first-order chi connectivity index (χ1) is 16.1. The van der Waals surface area contributed by atoms with Gasteiger partial charge in [0, 0.05) is 66.7 Å². The summed E-state index contributed by atoms with van der Waals surface area (Å²) in [6, 6.07) is 11.2. The number of carbonyl (C=O) groups excluding carboxylic acids is 2. The van der Waals surface area contributed by atoms with Gasteiger partial charge in [-0.3, -0.25) is 14.6 Å². The van der Waals surface area contributed by atoms with Crippen molar-refractivity contribution in [1.29, 1.82) is 0 Å². The Bertz CT molecular complexity index is 1240. The molecule has 9 heteroatoms. The van der Waals surface area contributed by atoms with Crippen molar-refractivity contribution in [3.05, 3.63) is 60.9 Å². The van der Waals surface area contributed by atoms with Crippen LogP contribution in [0.3, 0.4) is 0 Å². The second-order valence-electron chi connectivity index (χ2n) is 7.58. The number of fused-ring (bicyclic) bond motifs is 1. The molecule has 0 saturated heterocycles. The summed E-state index contributed by atoms with van der Waals surface area (Å²) in [6.07, 6.45) is 5.78. The third kappa shape index (κ3) is 5.25. The maximum atomic E-state index is 12.4. The SMILES string of the molecule is CCN(CC)C(=O)Cn1ccc2cc(NC(=O)CCc3nc(-c4ccncc4)no3)ccc21. The molecule has 2 amide bonds. The predicted octanol–water partition coefficient (Wildman–Crippen LogP) is 3.53. The number of anilines is 1. The summed E-state index contributed by atoms with van der Waals surface area (Å²) in [7, 11) is 0. The minimum absolute atomic E-state index is 0.0861. The van der Waals surface area contributed by atoms with E-state index < -0.39 is 0 Å². The lowest BCUT2D eigenvalue weighted by Crippen LogP contribution is -2.33. The van der Waals surface area contributed by atoms with Crippen LogP contribution in [0.5, 0.6) is 0 Å². The van der Waals surface area contributed by atoms with Gasteiger partial charge in [-0.2, -0.15) is 4.98 Å². The summed E-state index contributed by atoms with van der Waals surface area (Å²) in [5.41, 5.74) is 2.45. The van der Waals surface area contributed by atoms with Gasteiger partial charge in [0.25, 0.3) is 0 Å². The largest absolute Gasteiger partial charge is 0.342 e. The van der Waals surface area contributed by atoms with E-state index in [1.54, 1.807) is 24.5 Å². The number of nitrogens with zero attached hydrogens (tertiary/aromatic N) is 5. The molecule has 1 aromatic carbocycles. The first kappa shape index (κ1) is 22.2. The Kier molecular flexibility index (Phi) is 6.77. The smallest absolute Gasteiger partial charge is 0.242 e. The zero-order valence-electron chi connectivity index (χ0n) is 18.7. The predicted molar refractivity (Wildman–Crippen MR) is 124 cm³/mol. The minimum atomic E-state index is -0.144. The molecular weight excluding hydrogens is 420 g/mol. The van der Waals surface area contributed by atoms with E-state index in [0.717, 1.165) is 16.5 Å². The van der Waals surface area contributed by atoms with Gasteiger partial charge in [0.1, 0.15) is 6.54 Å². The third-order valence-electron chi connectivity index (χ3n) is 5.45. The van der Waals surface area contributed by atoms with E-state index in [9.17, 15) is 9.59 Å². The van der Waals surface area contributed by atoms with Gasteiger partial charge >= 0.3 is 0 Å². The molecule has 0 aliphatic rings. The Morgan fingerprint density at radius 1 is 1.09 bits per heavy atom. The molecular formula is C24H26N6O3. The average molecular weight is 447 g/mol. The fourth-order valence-electron chi connectivity index (χ4n) is 3.66. The summed E-state index contributed by atoms with van der Waals surface area (Å²) < 4.78 is 7.18. The second kappa shape index (κ2) is 10.1. The second-order valence-corrected chi connectivity index (χ2v) is 7.58. The van der Waals surface area contributed by atoms with E-state index in [1.165, 1.54) is 0 Å². The summed E-state index contributed by atoms with van der Waals surface area (Å²) in [6.45, 7) is 5.63. The monoisotopic (exact) mass is 446 g/mol. The van der Waals surface area contributed by atoms with Crippen molar-refractivity contribution in [2.45, 2.75) is 33.2 Å². The molecule has 0 fully saturated rings. The van der Waals surface area contributed by atoms with Crippen LogP contribution in [0.15, 0.2) is 59.5 Å². The lowest BCUT2D eigenvalue weighted by Gasteiger charge is -2.19. The molecule has 0 bridgehead atoms. The van der Waals surface area contributed by atoms with Gasteiger partial charge in [0.15, 0.2) is 0 Å². The van der Waals surface area contributed by atoms with Crippen molar-refractivity contribution in [3.8, 4) is 11.4 Å². The zero-order chi connectivity index (χ0) is 23.2. The number of aromatic nitrogens is 4. The van der Waals surface area contributed by atoms with Crippen LogP contribution in [0.4, 0.5) is 5.69 Å². The van der Waals surface area contributed by atoms with Crippen LogP contribution in [-0.2, 0) is 22.6 Å². The number of hydrogen-bond donors (Lipinski definition) is 1. The Hall–Kier alpha value is -4.01. The number of amides is 2. The van der Waals surface area contributed by atoms with E-state index in [4.69, 9.17) is 4.52 Å². The molecule has 0 aliphatic carbocycles. The van der Waals surface area contributed by atoms with Gasteiger partial charge in [-0.05, 0) is 50.2 Å². The topological polar surface area (TPSA) is 106 Å². The molecule has 0 radical (unpaired) electrons. The normalized spacial score (nSPS) is 11.0. The maximum absolute atomic E-state index is 12.4. The lowest BCUT2D eigenvalue weighted by atomic mass is 10.2. The molecule has 9 nitrogen and oxygen atoms in total. The highest BCUT2D eigenvalue weighted by molar-refractivity contribution is 5.94. The van der Waals surface area contributed by atoms with Gasteiger partial charge in [-0.15, -0.1) is 0 Å². The highest BCUT2D eigenvalue weighted by atomic mass is 16.5. The average Bonchev–Trinajstić information content (AvgIpc) is 3.46. The Morgan fingerprint density at radius 2 is 1.88 bits per heavy atom. The Balaban J connectivity index is 1.35. The molecule has 1 N–H and O–H groups in total. The molecule has 3 heterocycles. The van der Waals surface area contributed by atoms with Crippen LogP contribution in [0.1, 0.15) is 26.2 Å². The lowest BCUT2D eigenvalue weighted by molar-refractivity contribution is -0.131. The maximum Gasteiger partial charge on any atom is 0.242 e. The summed E-state index contributed by atoms with van der Waals surface area (Å²) in [4.78, 5) is 35.0. The van der Waals surface area contributed by atoms with E-state index in [0.29, 0.717) is 43.5 Å². The number of likely N-dealkylation sites (N-methyl/N-ethyl adjacent to an activating group) is 1. The molecule has 3 aromatic heterocycles. The molecule has 170 valence electrons. The van der Waals surface area contributed by atoms with Crippen LogP contribution in [0.25, 0.3) is 22.3 Å². The first-order valence-corrected chi connectivity index (χ1v) is 11.0. The first-order valence-electron chi connectivity index (χ1n) is 11.0. The Labute approximate surface area is 191 Å². The molecule has 0 saturated carbocycles. The number of nitrogens with one attached hydrogen (secondary N) is 1. The number of benzene rings is 1. The van der Waals surface area contributed by atoms with Gasteiger partial charge in [-0.25, -0.2) is 0 Å². The number of carbonyl (C=O) groups is 2. The summed E-state index contributed by atoms with van der Waals surface area (Å²) >= 11 is 0. The number of aryl methyl sites for hydroxylation is 1. The van der Waals surface area contributed by atoms with Gasteiger partial charge in [0.2, 0.25) is 23.5 Å². The van der Waals surface area contributed by atoms with Crippen LogP contribution in [0.2, 0.25) is 0 Å². The van der Waals surface area contributed by atoms with Crippen molar-refractivity contribution in [1.82, 2.24) is 24.6 Å². The van der Waals surface area contributed by atoms with Crippen molar-refractivity contribution < 1.29 is 14.1 Å². The summed E-state index contributed by atoms with van der Waals surface area (Å²) in [5, 5.41) is 7.82. The van der Waals surface area contributed by atoms with Crippen molar-refractivity contribution in [2.75, 3.05) is 18.4 Å². The van der Waals surface area contributed by atoms with E-state index in [2.05, 4.69) is 20.4 Å². The van der Waals surface area contributed by atoms with Gasteiger partial charge in [-0.1, -0.05) is 5.16 Å². The number of rotatable bonds is 9. The van der Waals surface area contributed by atoms with Crippen LogP contribution in [0, 0.1) is 0 Å². The van der Waals surface area contributed by atoms with E-state index in [1.807, 2.05) is 53.8 Å². The minimum Gasteiger partial charge on any atom is -0.342 e. The van der Waals surface area contributed by atoms with Crippen molar-refractivity contribution >= 4 is 28.4 Å². The van der Waals surface area contributed by atoms with Crippen LogP contribution >= 0.6 is 0 Å². The van der Waals surface area contributed by atoms with Crippen LogP contribution in [-0.4, -0.2) is 49.5 Å². The fourth-order valence-corrected chi connectivity index (χ4v) is 3.66. The van der Waals surface area contributed by atoms with Crippen molar-refractivity contribution in [2.24, 2.45) is 0 Å². The molecule has 0 atom stereocenters. The molecule has 4 rings (SSSR count).